The van der Waals surface area contributed by atoms with Gasteiger partial charge in [0, 0.05) is 39.6 Å². The smallest absolute Gasteiger partial charge is 0.341 e. The fourth-order valence-corrected chi connectivity index (χ4v) is 2.82. The standard InChI is InChI=1S/C19H23N3O3S/c1-21(2)15-9-7-14(8-10-15)12-22(3)17(23)13-25-19(24)16-6-5-11-20-18(16)26-4/h5-11H,12-13H2,1-4H3. The number of carbonyl (C=O) groups is 2. The van der Waals surface area contributed by atoms with Gasteiger partial charge in [0.15, 0.2) is 6.61 Å². The summed E-state index contributed by atoms with van der Waals surface area (Å²) in [4.78, 5) is 32.1. The number of hydrogen-bond donors (Lipinski definition) is 0. The predicted molar refractivity (Wildman–Crippen MR) is 104 cm³/mol. The second-order valence-corrected chi connectivity index (χ2v) is 6.74. The molecule has 1 amide bonds. The summed E-state index contributed by atoms with van der Waals surface area (Å²) in [6.45, 7) is 0.154. The molecule has 1 aromatic heterocycles. The van der Waals surface area contributed by atoms with Crippen LogP contribution in [0.5, 0.6) is 0 Å². The first-order valence-corrected chi connectivity index (χ1v) is 9.31. The van der Waals surface area contributed by atoms with Gasteiger partial charge in [0.05, 0.1) is 5.56 Å². The molecule has 0 unspecified atom stereocenters. The molecular formula is C19H23N3O3S. The van der Waals surface area contributed by atoms with Crippen molar-refractivity contribution >= 4 is 29.3 Å². The van der Waals surface area contributed by atoms with Crippen molar-refractivity contribution in [3.63, 3.8) is 0 Å². The first kappa shape index (κ1) is 19.8. The van der Waals surface area contributed by atoms with Crippen LogP contribution in [0.15, 0.2) is 47.6 Å². The normalized spacial score (nSPS) is 10.3. The maximum Gasteiger partial charge on any atom is 0.341 e. The third-order valence-corrected chi connectivity index (χ3v) is 4.52. The molecule has 0 N–H and O–H groups in total. The average Bonchev–Trinajstić information content (AvgIpc) is 2.66. The maximum atomic E-state index is 12.2. The number of likely N-dealkylation sites (N-methyl/N-ethyl adjacent to an activating group) is 1. The Balaban J connectivity index is 1.89. The van der Waals surface area contributed by atoms with Crippen LogP contribution in [-0.2, 0) is 16.1 Å². The van der Waals surface area contributed by atoms with Crippen LogP contribution in [0.2, 0.25) is 0 Å². The zero-order valence-corrected chi connectivity index (χ0v) is 16.2. The number of thioether (sulfide) groups is 1. The Morgan fingerprint density at radius 3 is 2.42 bits per heavy atom. The van der Waals surface area contributed by atoms with Gasteiger partial charge in [-0.25, -0.2) is 9.78 Å². The van der Waals surface area contributed by atoms with Gasteiger partial charge in [-0.2, -0.15) is 0 Å². The number of hydrogen-bond acceptors (Lipinski definition) is 6. The van der Waals surface area contributed by atoms with Gasteiger partial charge in [-0.05, 0) is 36.1 Å². The first-order chi connectivity index (χ1) is 12.4. The molecule has 0 aliphatic heterocycles. The molecule has 0 aliphatic carbocycles. The minimum absolute atomic E-state index is 0.260. The second-order valence-electron chi connectivity index (χ2n) is 5.95. The molecule has 0 spiro atoms. The number of aromatic nitrogens is 1. The SMILES string of the molecule is CSc1ncccc1C(=O)OCC(=O)N(C)Cc1ccc(N(C)C)cc1. The number of benzene rings is 1. The third kappa shape index (κ3) is 5.23. The molecule has 1 aromatic carbocycles. The Labute approximate surface area is 158 Å². The Morgan fingerprint density at radius 2 is 1.81 bits per heavy atom. The summed E-state index contributed by atoms with van der Waals surface area (Å²) in [5, 5.41) is 0.583. The lowest BCUT2D eigenvalue weighted by molar-refractivity contribution is -0.133. The zero-order valence-electron chi connectivity index (χ0n) is 15.4. The highest BCUT2D eigenvalue weighted by Crippen LogP contribution is 2.18. The second kappa shape index (κ2) is 9.24. The van der Waals surface area contributed by atoms with Gasteiger partial charge >= 0.3 is 5.97 Å². The van der Waals surface area contributed by atoms with Gasteiger partial charge in [-0.3, -0.25) is 4.79 Å². The van der Waals surface area contributed by atoms with Crippen LogP contribution in [0.1, 0.15) is 15.9 Å². The molecule has 0 bridgehead atoms. The van der Waals surface area contributed by atoms with Gasteiger partial charge in [0.1, 0.15) is 5.03 Å². The highest BCUT2D eigenvalue weighted by molar-refractivity contribution is 7.98. The molecule has 0 fully saturated rings. The van der Waals surface area contributed by atoms with Crippen LogP contribution >= 0.6 is 11.8 Å². The molecule has 0 atom stereocenters. The van der Waals surface area contributed by atoms with Gasteiger partial charge in [-0.15, -0.1) is 11.8 Å². The van der Waals surface area contributed by atoms with E-state index in [2.05, 4.69) is 4.98 Å². The van der Waals surface area contributed by atoms with Crippen molar-refractivity contribution in [2.45, 2.75) is 11.6 Å². The predicted octanol–water partition coefficient (Wildman–Crippen LogP) is 2.68. The summed E-state index contributed by atoms with van der Waals surface area (Å²) in [7, 11) is 5.64. The molecular weight excluding hydrogens is 350 g/mol. The van der Waals surface area contributed by atoms with E-state index in [0.29, 0.717) is 17.1 Å². The minimum Gasteiger partial charge on any atom is -0.452 e. The summed E-state index contributed by atoms with van der Waals surface area (Å²) < 4.78 is 5.15. The summed E-state index contributed by atoms with van der Waals surface area (Å²) in [6.07, 6.45) is 3.45. The summed E-state index contributed by atoms with van der Waals surface area (Å²) in [6, 6.07) is 11.3. The van der Waals surface area contributed by atoms with E-state index < -0.39 is 5.97 Å². The van der Waals surface area contributed by atoms with Crippen molar-refractivity contribution in [1.29, 1.82) is 0 Å². The Morgan fingerprint density at radius 1 is 1.12 bits per heavy atom. The highest BCUT2D eigenvalue weighted by atomic mass is 32.2. The Bertz CT molecular complexity index is 763. The summed E-state index contributed by atoms with van der Waals surface area (Å²) in [5.74, 6) is -0.802. The van der Waals surface area contributed by atoms with Gasteiger partial charge in [0.25, 0.3) is 5.91 Å². The lowest BCUT2D eigenvalue weighted by atomic mass is 10.2. The lowest BCUT2D eigenvalue weighted by Crippen LogP contribution is -2.31. The molecule has 0 saturated heterocycles. The summed E-state index contributed by atoms with van der Waals surface area (Å²) >= 11 is 1.36. The highest BCUT2D eigenvalue weighted by Gasteiger charge is 2.16. The number of anilines is 1. The van der Waals surface area contributed by atoms with Crippen LogP contribution in [0.25, 0.3) is 0 Å². The van der Waals surface area contributed by atoms with Crippen molar-refractivity contribution in [3.05, 3.63) is 53.7 Å². The fraction of sp³-hybridized carbons (Fsp3) is 0.316. The third-order valence-electron chi connectivity index (χ3n) is 3.81. The molecule has 26 heavy (non-hydrogen) atoms. The van der Waals surface area contributed by atoms with Crippen molar-refractivity contribution in [1.82, 2.24) is 9.88 Å². The number of esters is 1. The van der Waals surface area contributed by atoms with E-state index in [-0.39, 0.29) is 12.5 Å². The molecule has 0 radical (unpaired) electrons. The van der Waals surface area contributed by atoms with Gasteiger partial charge in [-0.1, -0.05) is 12.1 Å². The maximum absolute atomic E-state index is 12.2. The Kier molecular flexibility index (Phi) is 7.03. The van der Waals surface area contributed by atoms with E-state index >= 15 is 0 Å². The number of rotatable bonds is 7. The van der Waals surface area contributed by atoms with Gasteiger partial charge in [0.2, 0.25) is 0 Å². The Hall–Kier alpha value is -2.54. The van der Waals surface area contributed by atoms with Crippen molar-refractivity contribution < 1.29 is 14.3 Å². The number of amides is 1. The largest absolute Gasteiger partial charge is 0.452 e. The molecule has 138 valence electrons. The van der Waals surface area contributed by atoms with Crippen molar-refractivity contribution in [2.24, 2.45) is 0 Å². The van der Waals surface area contributed by atoms with Crippen molar-refractivity contribution in [2.75, 3.05) is 38.9 Å². The minimum atomic E-state index is -0.542. The van der Waals surface area contributed by atoms with Crippen molar-refractivity contribution in [3.8, 4) is 0 Å². The molecule has 2 rings (SSSR count). The van der Waals surface area contributed by atoms with Gasteiger partial charge < -0.3 is 14.5 Å². The number of nitrogens with zero attached hydrogens (tertiary/aromatic N) is 3. The topological polar surface area (TPSA) is 62.7 Å². The van der Waals surface area contributed by atoms with Crippen LogP contribution in [-0.4, -0.2) is 55.8 Å². The molecule has 0 aliphatic rings. The van der Waals surface area contributed by atoms with Crippen LogP contribution < -0.4 is 4.90 Å². The number of pyridine rings is 1. The van der Waals surface area contributed by atoms with E-state index in [1.165, 1.54) is 16.7 Å². The molecule has 1 heterocycles. The average molecular weight is 373 g/mol. The van der Waals surface area contributed by atoms with E-state index in [4.69, 9.17) is 4.74 Å². The lowest BCUT2D eigenvalue weighted by Gasteiger charge is -2.18. The molecule has 6 nitrogen and oxygen atoms in total. The van der Waals surface area contributed by atoms with E-state index in [1.807, 2.05) is 49.5 Å². The number of ether oxygens (including phenoxy) is 1. The summed E-state index contributed by atoms with van der Waals surface area (Å²) in [5.41, 5.74) is 2.47. The van der Waals surface area contributed by atoms with E-state index in [0.717, 1.165) is 11.3 Å². The van der Waals surface area contributed by atoms with Crippen LogP contribution in [0, 0.1) is 0 Å². The zero-order chi connectivity index (χ0) is 19.1. The number of carbonyl (C=O) groups excluding carboxylic acids is 2. The molecule has 0 saturated carbocycles. The van der Waals surface area contributed by atoms with E-state index in [9.17, 15) is 9.59 Å². The molecule has 2 aromatic rings. The van der Waals surface area contributed by atoms with Crippen LogP contribution in [0.3, 0.4) is 0 Å². The molecule has 7 heteroatoms. The fourth-order valence-electron chi connectivity index (χ4n) is 2.29. The quantitative estimate of drug-likeness (QED) is 0.549. The monoisotopic (exact) mass is 373 g/mol. The van der Waals surface area contributed by atoms with E-state index in [1.54, 1.807) is 25.4 Å². The van der Waals surface area contributed by atoms with Crippen LogP contribution in [0.4, 0.5) is 5.69 Å². The first-order valence-electron chi connectivity index (χ1n) is 8.08.